The molecule has 0 aliphatic carbocycles. The number of H-pyrrole nitrogens is 1. The van der Waals surface area contributed by atoms with Gasteiger partial charge in [-0.25, -0.2) is 19.0 Å². The van der Waals surface area contributed by atoms with Crippen molar-refractivity contribution < 1.29 is 38.1 Å². The maximum atomic E-state index is 13.8. The molecule has 2 aromatic heterocycles. The molecule has 15 nitrogen and oxygen atoms in total. The number of terminal acetylenes is 1. The van der Waals surface area contributed by atoms with Gasteiger partial charge in [0.2, 0.25) is 11.9 Å². The van der Waals surface area contributed by atoms with Gasteiger partial charge in [0.15, 0.2) is 16.9 Å². The number of ether oxygens (including phenoxy) is 4. The molecule has 1 aliphatic rings. The summed E-state index contributed by atoms with van der Waals surface area (Å²) in [5, 5.41) is 2.35. The number of imidazole rings is 1. The SMILES string of the molecule is C#CCn1c(=O)n(-c2cc(C(=O)OC3CCOC3)c(COC(=O)c3ccccc3)cc2OC(C)=O)c2nc(NC(C)=O)[nH]c(=O)c21. The Morgan fingerprint density at radius 3 is 2.54 bits per heavy atom. The number of carbonyl (C=O) groups is 4. The summed E-state index contributed by atoms with van der Waals surface area (Å²) in [6, 6.07) is 10.6. The number of carbonyl (C=O) groups excluding carboxylic acids is 4. The first-order chi connectivity index (χ1) is 22.1. The molecule has 15 heteroatoms. The van der Waals surface area contributed by atoms with E-state index in [1.54, 1.807) is 30.3 Å². The van der Waals surface area contributed by atoms with Crippen LogP contribution in [-0.2, 0) is 37.0 Å². The first-order valence-electron chi connectivity index (χ1n) is 13.9. The predicted octanol–water partition coefficient (Wildman–Crippen LogP) is 1.70. The van der Waals surface area contributed by atoms with Crippen LogP contribution in [0.25, 0.3) is 16.9 Å². The number of esters is 3. The van der Waals surface area contributed by atoms with Crippen molar-refractivity contribution in [3.05, 3.63) is 80.0 Å². The summed E-state index contributed by atoms with van der Waals surface area (Å²) in [5.41, 5.74) is -2.20. The summed E-state index contributed by atoms with van der Waals surface area (Å²) in [6.07, 6.45) is 5.36. The van der Waals surface area contributed by atoms with Gasteiger partial charge in [-0.05, 0) is 24.3 Å². The van der Waals surface area contributed by atoms with E-state index in [1.807, 2.05) is 0 Å². The minimum absolute atomic E-state index is 0.0818. The van der Waals surface area contributed by atoms with E-state index in [2.05, 4.69) is 21.2 Å². The quantitative estimate of drug-likeness (QED) is 0.156. The van der Waals surface area contributed by atoms with E-state index in [0.717, 1.165) is 16.1 Å². The molecule has 1 atom stereocenters. The fraction of sp³-hybridized carbons (Fsp3) is 0.258. The minimum Gasteiger partial charge on any atom is -0.457 e. The second-order valence-electron chi connectivity index (χ2n) is 10.1. The number of hydrogen-bond acceptors (Lipinski definition) is 11. The molecule has 2 aromatic carbocycles. The highest BCUT2D eigenvalue weighted by molar-refractivity contribution is 5.94. The molecule has 1 unspecified atom stereocenters. The van der Waals surface area contributed by atoms with Crippen LogP contribution in [0, 0.1) is 12.3 Å². The number of benzene rings is 2. The van der Waals surface area contributed by atoms with Crippen LogP contribution >= 0.6 is 0 Å². The van der Waals surface area contributed by atoms with Crippen LogP contribution in [0.1, 0.15) is 46.5 Å². The Kier molecular flexibility index (Phi) is 9.10. The summed E-state index contributed by atoms with van der Waals surface area (Å²) in [4.78, 5) is 83.9. The monoisotopic (exact) mass is 629 g/mol. The lowest BCUT2D eigenvalue weighted by Gasteiger charge is -2.17. The molecule has 1 fully saturated rings. The van der Waals surface area contributed by atoms with Crippen LogP contribution in [0.5, 0.6) is 5.75 Å². The standard InChI is InChI=1S/C31H27N5O10/c1-4-11-35-25-26(33-30(32-17(2)37)34-27(25)39)36(31(35)42)23-14-22(29(41)46-21-10-12-43-16-21)20(13-24(23)45-18(3)38)15-44-28(40)19-8-6-5-7-9-19/h1,5-9,13-14,21H,10-12,15-16H2,2-3H3,(H2,32,33,34,37,39). The average molecular weight is 630 g/mol. The molecule has 5 rings (SSSR count). The third-order valence-electron chi connectivity index (χ3n) is 6.75. The second-order valence-corrected chi connectivity index (χ2v) is 10.1. The van der Waals surface area contributed by atoms with E-state index in [4.69, 9.17) is 25.4 Å². The number of amides is 1. The molecule has 0 saturated carbocycles. The molecule has 2 N–H and O–H groups in total. The van der Waals surface area contributed by atoms with Crippen molar-refractivity contribution in [3.63, 3.8) is 0 Å². The zero-order chi connectivity index (χ0) is 33.0. The van der Waals surface area contributed by atoms with Crippen LogP contribution in [-0.4, -0.2) is 62.2 Å². The number of rotatable bonds is 9. The number of aromatic nitrogens is 4. The molecule has 46 heavy (non-hydrogen) atoms. The van der Waals surface area contributed by atoms with E-state index < -0.39 is 47.8 Å². The lowest BCUT2D eigenvalue weighted by atomic mass is 10.1. The van der Waals surface area contributed by atoms with Crippen molar-refractivity contribution in [2.75, 3.05) is 18.5 Å². The van der Waals surface area contributed by atoms with Gasteiger partial charge < -0.3 is 18.9 Å². The van der Waals surface area contributed by atoms with Gasteiger partial charge in [-0.1, -0.05) is 24.1 Å². The van der Waals surface area contributed by atoms with E-state index in [9.17, 15) is 28.8 Å². The van der Waals surface area contributed by atoms with Crippen molar-refractivity contribution in [3.8, 4) is 23.8 Å². The Balaban J connectivity index is 1.73. The largest absolute Gasteiger partial charge is 0.457 e. The average Bonchev–Trinajstić information content (AvgIpc) is 3.62. The number of nitrogens with zero attached hydrogens (tertiary/aromatic N) is 3. The second kappa shape index (κ2) is 13.3. The zero-order valence-corrected chi connectivity index (χ0v) is 24.7. The minimum atomic E-state index is -0.869. The Morgan fingerprint density at radius 1 is 1.13 bits per heavy atom. The molecule has 0 radical (unpaired) electrons. The number of aromatic amines is 1. The van der Waals surface area contributed by atoms with Gasteiger partial charge in [0, 0.05) is 25.8 Å². The molecular weight excluding hydrogens is 602 g/mol. The molecule has 0 spiro atoms. The number of fused-ring (bicyclic) bond motifs is 1. The molecule has 3 heterocycles. The Bertz CT molecular complexity index is 2010. The van der Waals surface area contributed by atoms with Gasteiger partial charge in [-0.2, -0.15) is 4.98 Å². The van der Waals surface area contributed by atoms with Gasteiger partial charge in [-0.15, -0.1) is 6.42 Å². The topological polar surface area (TPSA) is 190 Å². The lowest BCUT2D eigenvalue weighted by Crippen LogP contribution is -2.25. The fourth-order valence-corrected chi connectivity index (χ4v) is 4.80. The third-order valence-corrected chi connectivity index (χ3v) is 6.75. The van der Waals surface area contributed by atoms with Crippen LogP contribution in [0.2, 0.25) is 0 Å². The molecule has 1 amide bonds. The van der Waals surface area contributed by atoms with E-state index in [-0.39, 0.29) is 58.4 Å². The maximum Gasteiger partial charge on any atom is 0.338 e. The van der Waals surface area contributed by atoms with Crippen molar-refractivity contribution in [1.29, 1.82) is 0 Å². The van der Waals surface area contributed by atoms with Crippen molar-refractivity contribution in [2.24, 2.45) is 0 Å². The van der Waals surface area contributed by atoms with Gasteiger partial charge >= 0.3 is 23.6 Å². The van der Waals surface area contributed by atoms with Crippen LogP contribution in [0.15, 0.2) is 52.1 Å². The molecule has 1 aliphatic heterocycles. The number of anilines is 1. The summed E-state index contributed by atoms with van der Waals surface area (Å²) >= 11 is 0. The summed E-state index contributed by atoms with van der Waals surface area (Å²) in [5.74, 6) is -1.12. The molecular formula is C31H27N5O10. The summed E-state index contributed by atoms with van der Waals surface area (Å²) in [6.45, 7) is 2.06. The van der Waals surface area contributed by atoms with Gasteiger partial charge in [0.1, 0.15) is 12.7 Å². The Morgan fingerprint density at radius 2 is 1.89 bits per heavy atom. The Labute approximate surface area is 260 Å². The Hall–Kier alpha value is -6.01. The molecule has 236 valence electrons. The van der Waals surface area contributed by atoms with E-state index in [0.29, 0.717) is 13.0 Å². The highest BCUT2D eigenvalue weighted by Crippen LogP contribution is 2.31. The first kappa shape index (κ1) is 31.4. The van der Waals surface area contributed by atoms with Gasteiger partial charge in [-0.3, -0.25) is 29.3 Å². The highest BCUT2D eigenvalue weighted by Gasteiger charge is 2.28. The van der Waals surface area contributed by atoms with E-state index in [1.165, 1.54) is 19.1 Å². The van der Waals surface area contributed by atoms with Crippen molar-refractivity contribution >= 4 is 40.9 Å². The van der Waals surface area contributed by atoms with Crippen LogP contribution in [0.3, 0.4) is 0 Å². The normalized spacial score (nSPS) is 14.0. The van der Waals surface area contributed by atoms with Gasteiger partial charge in [0.05, 0.1) is 36.6 Å². The van der Waals surface area contributed by atoms with Crippen molar-refractivity contribution in [1.82, 2.24) is 19.1 Å². The molecule has 1 saturated heterocycles. The fourth-order valence-electron chi connectivity index (χ4n) is 4.80. The number of nitrogens with one attached hydrogen (secondary N) is 2. The van der Waals surface area contributed by atoms with Crippen LogP contribution < -0.4 is 21.3 Å². The number of hydrogen-bond donors (Lipinski definition) is 2. The molecule has 4 aromatic rings. The third kappa shape index (κ3) is 6.56. The van der Waals surface area contributed by atoms with Crippen LogP contribution in [0.4, 0.5) is 5.95 Å². The summed E-state index contributed by atoms with van der Waals surface area (Å²) in [7, 11) is 0. The highest BCUT2D eigenvalue weighted by atomic mass is 16.6. The van der Waals surface area contributed by atoms with Gasteiger partial charge in [0.25, 0.3) is 5.56 Å². The maximum absolute atomic E-state index is 13.8. The lowest BCUT2D eigenvalue weighted by molar-refractivity contribution is -0.131. The predicted molar refractivity (Wildman–Crippen MR) is 161 cm³/mol. The zero-order valence-electron chi connectivity index (χ0n) is 24.7. The smallest absolute Gasteiger partial charge is 0.338 e. The first-order valence-corrected chi connectivity index (χ1v) is 13.9. The molecule has 0 bridgehead atoms. The van der Waals surface area contributed by atoms with Crippen molar-refractivity contribution in [2.45, 2.75) is 39.5 Å². The van der Waals surface area contributed by atoms with E-state index >= 15 is 0 Å². The summed E-state index contributed by atoms with van der Waals surface area (Å²) < 4.78 is 23.7.